The second-order valence-electron chi connectivity index (χ2n) is 5.52. The van der Waals surface area contributed by atoms with E-state index in [-0.39, 0.29) is 22.7 Å². The van der Waals surface area contributed by atoms with Crippen molar-refractivity contribution in [3.05, 3.63) is 59.9 Å². The first-order valence-corrected chi connectivity index (χ1v) is 9.01. The number of amides is 2. The Morgan fingerprint density at radius 3 is 2.23 bits per heavy atom. The molecule has 0 aliphatic rings. The average molecular weight is 379 g/mol. The Hall–Kier alpha value is -2.78. The molecule has 0 aromatic heterocycles. The molecule has 0 unspecified atom stereocenters. The highest BCUT2D eigenvalue weighted by Gasteiger charge is 2.17. The quantitative estimate of drug-likeness (QED) is 0.794. The first kappa shape index (κ1) is 19.5. The van der Waals surface area contributed by atoms with E-state index in [0.717, 1.165) is 4.31 Å². The van der Waals surface area contributed by atoms with Gasteiger partial charge in [0.2, 0.25) is 15.9 Å². The SMILES string of the molecule is CN(C)S(=O)(=O)c1ccc(C(=O)NCC(=O)Nc2ccccc2F)cc1. The maximum Gasteiger partial charge on any atom is 0.251 e. The Labute approximate surface area is 150 Å². The van der Waals surface area contributed by atoms with E-state index in [1.54, 1.807) is 6.07 Å². The number of benzene rings is 2. The van der Waals surface area contributed by atoms with Gasteiger partial charge in [0.25, 0.3) is 5.91 Å². The summed E-state index contributed by atoms with van der Waals surface area (Å²) in [5.41, 5.74) is 0.214. The van der Waals surface area contributed by atoms with Gasteiger partial charge in [-0.1, -0.05) is 12.1 Å². The number of para-hydroxylation sites is 1. The third-order valence-electron chi connectivity index (χ3n) is 3.45. The van der Waals surface area contributed by atoms with Crippen molar-refractivity contribution < 1.29 is 22.4 Å². The lowest BCUT2D eigenvalue weighted by Crippen LogP contribution is -2.33. The highest BCUT2D eigenvalue weighted by atomic mass is 32.2. The summed E-state index contributed by atoms with van der Waals surface area (Å²) in [7, 11) is -0.768. The van der Waals surface area contributed by atoms with Crippen molar-refractivity contribution in [2.45, 2.75) is 4.90 Å². The van der Waals surface area contributed by atoms with E-state index >= 15 is 0 Å². The molecule has 0 radical (unpaired) electrons. The molecule has 0 atom stereocenters. The van der Waals surface area contributed by atoms with Crippen molar-refractivity contribution in [1.82, 2.24) is 9.62 Å². The van der Waals surface area contributed by atoms with Crippen LogP contribution in [0.4, 0.5) is 10.1 Å². The third-order valence-corrected chi connectivity index (χ3v) is 5.28. The van der Waals surface area contributed by atoms with E-state index < -0.39 is 27.7 Å². The van der Waals surface area contributed by atoms with Gasteiger partial charge in [0.05, 0.1) is 17.1 Å². The third kappa shape index (κ3) is 4.64. The van der Waals surface area contributed by atoms with Gasteiger partial charge in [0.1, 0.15) is 5.82 Å². The van der Waals surface area contributed by atoms with Crippen molar-refractivity contribution in [1.29, 1.82) is 0 Å². The first-order chi connectivity index (χ1) is 12.2. The summed E-state index contributed by atoms with van der Waals surface area (Å²) < 4.78 is 38.5. The molecule has 0 saturated heterocycles. The highest BCUT2D eigenvalue weighted by molar-refractivity contribution is 7.89. The molecule has 0 aliphatic carbocycles. The maximum absolute atomic E-state index is 13.5. The maximum atomic E-state index is 13.5. The molecule has 0 saturated carbocycles. The molecule has 0 aliphatic heterocycles. The number of sulfonamides is 1. The lowest BCUT2D eigenvalue weighted by Gasteiger charge is -2.11. The van der Waals surface area contributed by atoms with Gasteiger partial charge in [0.15, 0.2) is 0 Å². The lowest BCUT2D eigenvalue weighted by molar-refractivity contribution is -0.115. The van der Waals surface area contributed by atoms with Gasteiger partial charge in [-0.25, -0.2) is 17.1 Å². The van der Waals surface area contributed by atoms with Crippen LogP contribution < -0.4 is 10.6 Å². The monoisotopic (exact) mass is 379 g/mol. The summed E-state index contributed by atoms with van der Waals surface area (Å²) in [6.45, 7) is -0.356. The number of nitrogens with zero attached hydrogens (tertiary/aromatic N) is 1. The van der Waals surface area contributed by atoms with Crippen LogP contribution >= 0.6 is 0 Å². The molecule has 0 spiro atoms. The molecule has 2 amide bonds. The normalized spacial score (nSPS) is 11.2. The van der Waals surface area contributed by atoms with Crippen molar-refractivity contribution in [2.75, 3.05) is 26.0 Å². The van der Waals surface area contributed by atoms with Crippen LogP contribution in [-0.2, 0) is 14.8 Å². The predicted molar refractivity (Wildman–Crippen MR) is 94.7 cm³/mol. The molecule has 2 N–H and O–H groups in total. The van der Waals surface area contributed by atoms with Crippen molar-refractivity contribution in [3.8, 4) is 0 Å². The van der Waals surface area contributed by atoms with Gasteiger partial charge in [-0.3, -0.25) is 9.59 Å². The van der Waals surface area contributed by atoms with Crippen molar-refractivity contribution in [3.63, 3.8) is 0 Å². The standard InChI is InChI=1S/C17H18FN3O4S/c1-21(2)26(24,25)13-9-7-12(8-10-13)17(23)19-11-16(22)20-15-6-4-3-5-14(15)18/h3-10H,11H2,1-2H3,(H,19,23)(H,20,22). The largest absolute Gasteiger partial charge is 0.343 e. The molecule has 2 aromatic rings. The molecule has 138 valence electrons. The van der Waals surface area contributed by atoms with Crippen LogP contribution in [0.2, 0.25) is 0 Å². The second-order valence-corrected chi connectivity index (χ2v) is 7.67. The molecule has 2 aromatic carbocycles. The number of rotatable bonds is 6. The molecule has 26 heavy (non-hydrogen) atoms. The summed E-state index contributed by atoms with van der Waals surface area (Å²) in [6, 6.07) is 11.0. The molecule has 9 heteroatoms. The molecule has 0 heterocycles. The Morgan fingerprint density at radius 1 is 1.04 bits per heavy atom. The van der Waals surface area contributed by atoms with E-state index in [1.165, 1.54) is 56.6 Å². The van der Waals surface area contributed by atoms with E-state index in [0.29, 0.717) is 0 Å². The van der Waals surface area contributed by atoms with Crippen LogP contribution in [0.5, 0.6) is 0 Å². The Kier molecular flexibility index (Phi) is 6.06. The van der Waals surface area contributed by atoms with Crippen LogP contribution in [-0.4, -0.2) is 45.2 Å². The molecule has 0 fully saturated rings. The number of nitrogens with one attached hydrogen (secondary N) is 2. The zero-order chi connectivity index (χ0) is 19.3. The van der Waals surface area contributed by atoms with Crippen molar-refractivity contribution >= 4 is 27.5 Å². The topological polar surface area (TPSA) is 95.6 Å². The van der Waals surface area contributed by atoms with Crippen LogP contribution in [0.25, 0.3) is 0 Å². The van der Waals surface area contributed by atoms with Gasteiger partial charge in [-0.15, -0.1) is 0 Å². The van der Waals surface area contributed by atoms with E-state index in [1.807, 2.05) is 0 Å². The smallest absolute Gasteiger partial charge is 0.251 e. The van der Waals surface area contributed by atoms with Crippen molar-refractivity contribution in [2.24, 2.45) is 0 Å². The fraction of sp³-hybridized carbons (Fsp3) is 0.176. The zero-order valence-electron chi connectivity index (χ0n) is 14.2. The number of hydrogen-bond acceptors (Lipinski definition) is 4. The number of carbonyl (C=O) groups is 2. The fourth-order valence-electron chi connectivity index (χ4n) is 2.01. The van der Waals surface area contributed by atoms with Gasteiger partial charge < -0.3 is 10.6 Å². The number of halogens is 1. The minimum Gasteiger partial charge on any atom is -0.343 e. The lowest BCUT2D eigenvalue weighted by atomic mass is 10.2. The summed E-state index contributed by atoms with van der Waals surface area (Å²) in [4.78, 5) is 23.9. The minimum absolute atomic E-state index is 0.0185. The molecule has 7 nitrogen and oxygen atoms in total. The van der Waals surface area contributed by atoms with Crippen LogP contribution in [0.15, 0.2) is 53.4 Å². The first-order valence-electron chi connectivity index (χ1n) is 7.57. The number of anilines is 1. The summed E-state index contributed by atoms with van der Waals surface area (Å²) in [5.74, 6) is -1.72. The van der Waals surface area contributed by atoms with Gasteiger partial charge in [-0.2, -0.15) is 0 Å². The molecular formula is C17H18FN3O4S. The average Bonchev–Trinajstić information content (AvgIpc) is 2.61. The van der Waals surface area contributed by atoms with Gasteiger partial charge in [0, 0.05) is 19.7 Å². The minimum atomic E-state index is -3.58. The molecular weight excluding hydrogens is 361 g/mol. The molecule has 0 bridgehead atoms. The Balaban J connectivity index is 1.96. The highest BCUT2D eigenvalue weighted by Crippen LogP contribution is 2.14. The van der Waals surface area contributed by atoms with E-state index in [2.05, 4.69) is 10.6 Å². The van der Waals surface area contributed by atoms with Gasteiger partial charge >= 0.3 is 0 Å². The van der Waals surface area contributed by atoms with E-state index in [4.69, 9.17) is 0 Å². The second kappa shape index (κ2) is 8.07. The van der Waals surface area contributed by atoms with Gasteiger partial charge in [-0.05, 0) is 36.4 Å². The zero-order valence-corrected chi connectivity index (χ0v) is 15.0. The Bertz CT molecular complexity index is 912. The predicted octanol–water partition coefficient (Wildman–Crippen LogP) is 1.44. The number of hydrogen-bond donors (Lipinski definition) is 2. The van der Waals surface area contributed by atoms with Crippen LogP contribution in [0.3, 0.4) is 0 Å². The summed E-state index contributed by atoms with van der Waals surface area (Å²) in [6.07, 6.45) is 0. The van der Waals surface area contributed by atoms with Crippen LogP contribution in [0.1, 0.15) is 10.4 Å². The van der Waals surface area contributed by atoms with E-state index in [9.17, 15) is 22.4 Å². The summed E-state index contributed by atoms with van der Waals surface area (Å²) in [5, 5.41) is 4.73. The fourth-order valence-corrected chi connectivity index (χ4v) is 2.91. The van der Waals surface area contributed by atoms with Crippen LogP contribution in [0, 0.1) is 5.82 Å². The summed E-state index contributed by atoms with van der Waals surface area (Å²) >= 11 is 0. The Morgan fingerprint density at radius 2 is 1.65 bits per heavy atom. The number of carbonyl (C=O) groups excluding carboxylic acids is 2. The molecule has 2 rings (SSSR count).